The molecule has 1 saturated carbocycles. The molecule has 14 heteroatoms. The van der Waals surface area contributed by atoms with Gasteiger partial charge < -0.3 is 20.3 Å². The number of fused-ring (bicyclic) bond motifs is 1. The normalized spacial score (nSPS) is 19.7. The molecule has 4 aromatic rings. The van der Waals surface area contributed by atoms with Crippen molar-refractivity contribution in [3.05, 3.63) is 42.5 Å². The molecule has 1 aliphatic carbocycles. The summed E-state index contributed by atoms with van der Waals surface area (Å²) in [5.74, 6) is -1.44. The first-order valence-corrected chi connectivity index (χ1v) is 14.6. The summed E-state index contributed by atoms with van der Waals surface area (Å²) >= 11 is 0. The SMILES string of the molecule is COCCO[C@]1(C(=O)O)CC[C@@H](c2nc3c(-c4ccc(-c5ccn(C)n5)nc4)cnn3c(N)c2S(C)(=O)=O)CC1. The average molecular weight is 570 g/mol. The second-order valence-corrected chi connectivity index (χ2v) is 12.0. The van der Waals surface area contributed by atoms with Crippen LogP contribution in [0.1, 0.15) is 37.3 Å². The third kappa shape index (κ3) is 5.05. The van der Waals surface area contributed by atoms with Crippen LogP contribution in [0.25, 0.3) is 28.2 Å². The highest BCUT2D eigenvalue weighted by Gasteiger charge is 2.44. The van der Waals surface area contributed by atoms with Crippen molar-refractivity contribution in [3.63, 3.8) is 0 Å². The van der Waals surface area contributed by atoms with Crippen LogP contribution in [0.4, 0.5) is 5.82 Å². The summed E-state index contributed by atoms with van der Waals surface area (Å²) in [5, 5.41) is 18.6. The number of aromatic nitrogens is 6. The summed E-state index contributed by atoms with van der Waals surface area (Å²) in [6.07, 6.45) is 7.27. The van der Waals surface area contributed by atoms with Gasteiger partial charge in [-0.25, -0.2) is 18.2 Å². The van der Waals surface area contributed by atoms with Crippen LogP contribution in [0.2, 0.25) is 0 Å². The van der Waals surface area contributed by atoms with Crippen LogP contribution in [0.5, 0.6) is 0 Å². The summed E-state index contributed by atoms with van der Waals surface area (Å²) in [6, 6.07) is 5.58. The Bertz CT molecular complexity index is 1650. The number of nitrogen functional groups attached to an aromatic ring is 1. The maximum Gasteiger partial charge on any atom is 0.335 e. The van der Waals surface area contributed by atoms with E-state index >= 15 is 0 Å². The molecule has 1 aliphatic rings. The van der Waals surface area contributed by atoms with Gasteiger partial charge in [-0.1, -0.05) is 6.07 Å². The smallest absolute Gasteiger partial charge is 0.335 e. The number of pyridine rings is 1. The molecular weight excluding hydrogens is 538 g/mol. The van der Waals surface area contributed by atoms with E-state index in [9.17, 15) is 18.3 Å². The number of hydrogen-bond acceptors (Lipinski definition) is 10. The van der Waals surface area contributed by atoms with Gasteiger partial charge in [-0.2, -0.15) is 14.7 Å². The molecule has 0 unspecified atom stereocenters. The van der Waals surface area contributed by atoms with Crippen molar-refractivity contribution < 1.29 is 27.8 Å². The molecule has 0 spiro atoms. The number of rotatable bonds is 9. The molecule has 13 nitrogen and oxygen atoms in total. The van der Waals surface area contributed by atoms with Gasteiger partial charge in [-0.15, -0.1) is 0 Å². The number of methoxy groups -OCH3 is 1. The molecule has 0 bridgehead atoms. The fourth-order valence-electron chi connectivity index (χ4n) is 5.23. The number of nitrogens with zero attached hydrogens (tertiary/aromatic N) is 6. The Balaban J connectivity index is 1.53. The van der Waals surface area contributed by atoms with E-state index < -0.39 is 21.4 Å². The van der Waals surface area contributed by atoms with Gasteiger partial charge in [0, 0.05) is 49.9 Å². The topological polar surface area (TPSA) is 177 Å². The van der Waals surface area contributed by atoms with E-state index in [1.807, 2.05) is 31.4 Å². The number of carboxylic acids is 1. The van der Waals surface area contributed by atoms with Crippen LogP contribution in [0, 0.1) is 0 Å². The Labute approximate surface area is 230 Å². The lowest BCUT2D eigenvalue weighted by Crippen LogP contribution is -2.45. The maximum absolute atomic E-state index is 12.9. The van der Waals surface area contributed by atoms with Crippen molar-refractivity contribution in [1.29, 1.82) is 0 Å². The second-order valence-electron chi connectivity index (χ2n) is 10.00. The Hall–Kier alpha value is -3.88. The number of carboxylic acid groups (broad SMARTS) is 1. The highest BCUT2D eigenvalue weighted by Crippen LogP contribution is 2.43. The van der Waals surface area contributed by atoms with E-state index in [0.29, 0.717) is 35.4 Å². The molecule has 0 aliphatic heterocycles. The van der Waals surface area contributed by atoms with Gasteiger partial charge in [-0.3, -0.25) is 9.67 Å². The number of carbonyl (C=O) groups is 1. The number of sulfone groups is 1. The fourth-order valence-corrected chi connectivity index (χ4v) is 6.29. The molecule has 4 aromatic heterocycles. The quantitative estimate of drug-likeness (QED) is 0.283. The van der Waals surface area contributed by atoms with Crippen molar-refractivity contribution in [3.8, 4) is 22.5 Å². The molecule has 0 amide bonds. The number of nitrogens with two attached hydrogens (primary N) is 1. The van der Waals surface area contributed by atoms with E-state index in [1.165, 1.54) is 11.6 Å². The van der Waals surface area contributed by atoms with Crippen LogP contribution in [-0.2, 0) is 31.2 Å². The van der Waals surface area contributed by atoms with Crippen LogP contribution >= 0.6 is 0 Å². The van der Waals surface area contributed by atoms with Gasteiger partial charge >= 0.3 is 5.97 Å². The summed E-state index contributed by atoms with van der Waals surface area (Å²) in [6.45, 7) is 0.415. The predicted molar refractivity (Wildman–Crippen MR) is 145 cm³/mol. The van der Waals surface area contributed by atoms with Crippen molar-refractivity contribution in [2.24, 2.45) is 7.05 Å². The number of aryl methyl sites for hydroxylation is 1. The molecule has 0 radical (unpaired) electrons. The molecule has 40 heavy (non-hydrogen) atoms. The molecule has 3 N–H and O–H groups in total. The van der Waals surface area contributed by atoms with Gasteiger partial charge in [0.05, 0.1) is 30.8 Å². The number of ether oxygens (including phenoxy) is 2. The molecular formula is C26H31N7O6S. The summed E-state index contributed by atoms with van der Waals surface area (Å²) in [7, 11) is -0.444. The van der Waals surface area contributed by atoms with E-state index in [-0.39, 0.29) is 42.7 Å². The minimum Gasteiger partial charge on any atom is -0.479 e. The van der Waals surface area contributed by atoms with Crippen LogP contribution in [0.3, 0.4) is 0 Å². The minimum absolute atomic E-state index is 0.0433. The second kappa shape index (κ2) is 10.6. The summed E-state index contributed by atoms with van der Waals surface area (Å²) in [5.41, 5.74) is 8.53. The number of aliphatic carboxylic acids is 1. The van der Waals surface area contributed by atoms with Crippen LogP contribution < -0.4 is 5.73 Å². The van der Waals surface area contributed by atoms with Crippen molar-refractivity contribution >= 4 is 27.3 Å². The fraction of sp³-hybridized carbons (Fsp3) is 0.423. The zero-order valence-electron chi connectivity index (χ0n) is 22.4. The molecule has 0 atom stereocenters. The zero-order valence-corrected chi connectivity index (χ0v) is 23.3. The monoisotopic (exact) mass is 569 g/mol. The van der Waals surface area contributed by atoms with Crippen molar-refractivity contribution in [2.45, 2.75) is 42.1 Å². The zero-order chi connectivity index (χ0) is 28.7. The minimum atomic E-state index is -3.79. The predicted octanol–water partition coefficient (Wildman–Crippen LogP) is 2.32. The van der Waals surface area contributed by atoms with Crippen molar-refractivity contribution in [2.75, 3.05) is 32.3 Å². The van der Waals surface area contributed by atoms with Crippen molar-refractivity contribution in [1.82, 2.24) is 29.4 Å². The Morgan fingerprint density at radius 2 is 1.93 bits per heavy atom. The van der Waals surface area contributed by atoms with Gasteiger partial charge in [0.2, 0.25) is 0 Å². The lowest BCUT2D eigenvalue weighted by Gasteiger charge is -2.36. The lowest BCUT2D eigenvalue weighted by molar-refractivity contribution is -0.173. The summed E-state index contributed by atoms with van der Waals surface area (Å²) in [4.78, 5) is 21.4. The highest BCUT2D eigenvalue weighted by atomic mass is 32.2. The van der Waals surface area contributed by atoms with E-state index in [1.54, 1.807) is 17.1 Å². The van der Waals surface area contributed by atoms with Gasteiger partial charge in [0.15, 0.2) is 21.1 Å². The molecule has 0 saturated heterocycles. The van der Waals surface area contributed by atoms with E-state index in [0.717, 1.165) is 17.5 Å². The highest BCUT2D eigenvalue weighted by molar-refractivity contribution is 7.91. The average Bonchev–Trinajstić information content (AvgIpc) is 3.55. The Morgan fingerprint density at radius 1 is 1.18 bits per heavy atom. The van der Waals surface area contributed by atoms with Crippen LogP contribution in [0.15, 0.2) is 41.7 Å². The maximum atomic E-state index is 12.9. The Kier molecular flexibility index (Phi) is 7.33. The first-order chi connectivity index (χ1) is 19.0. The summed E-state index contributed by atoms with van der Waals surface area (Å²) < 4.78 is 39.6. The van der Waals surface area contributed by atoms with Gasteiger partial charge in [0.25, 0.3) is 0 Å². The third-order valence-electron chi connectivity index (χ3n) is 7.32. The first-order valence-electron chi connectivity index (χ1n) is 12.7. The molecule has 212 valence electrons. The molecule has 4 heterocycles. The van der Waals surface area contributed by atoms with E-state index in [2.05, 4.69) is 15.2 Å². The third-order valence-corrected chi connectivity index (χ3v) is 8.48. The lowest BCUT2D eigenvalue weighted by atomic mass is 9.77. The first kappa shape index (κ1) is 27.7. The molecule has 5 rings (SSSR count). The number of hydrogen-bond donors (Lipinski definition) is 2. The van der Waals surface area contributed by atoms with Crippen LogP contribution in [-0.4, -0.2) is 81.0 Å². The standard InChI is InChI=1S/C26H31N7O6S/c1-32-11-8-20(31-32)19-5-4-17(14-28-19)18-15-29-33-23(27)22(40(3,36)37)21(30-24(18)33)16-6-9-26(10-7-16,25(34)35)39-13-12-38-2/h4-5,8,11,14-16H,6-7,9-10,12-13,27H2,1-3H3,(H,34,35)/t16-,26-. The molecule has 0 aromatic carbocycles. The number of anilines is 1. The Morgan fingerprint density at radius 3 is 2.50 bits per heavy atom. The van der Waals surface area contributed by atoms with Gasteiger partial charge in [-0.05, 0) is 37.8 Å². The van der Waals surface area contributed by atoms with E-state index in [4.69, 9.17) is 20.2 Å². The van der Waals surface area contributed by atoms with Gasteiger partial charge in [0.1, 0.15) is 16.4 Å². The largest absolute Gasteiger partial charge is 0.479 e. The molecule has 1 fully saturated rings.